The SMILES string of the molecule is CC(C)CC(NC(=O)N1CCOCC1)C(=O)NCC(=O)CNS(=O)(=O)c1ccc(Oc2ccccc2)cc1. The van der Waals surface area contributed by atoms with Gasteiger partial charge in [-0.2, -0.15) is 0 Å². The average molecular weight is 547 g/mol. The molecule has 0 bridgehead atoms. The maximum atomic E-state index is 12.7. The first kappa shape index (κ1) is 29.1. The standard InChI is InChI=1S/C26H34N4O7S/c1-19(2)16-24(29-26(33)30-12-14-36-15-13-30)25(32)27-17-20(31)18-28-38(34,35)23-10-8-22(9-11-23)37-21-6-4-3-5-7-21/h3-11,19,24,28H,12-18H2,1-2H3,(H,27,32)(H,29,33). The van der Waals surface area contributed by atoms with Gasteiger partial charge in [0, 0.05) is 13.1 Å². The molecule has 1 aliphatic rings. The number of ketones is 1. The Morgan fingerprint density at radius 2 is 1.58 bits per heavy atom. The van der Waals surface area contributed by atoms with Gasteiger partial charge in [0.25, 0.3) is 0 Å². The molecular weight excluding hydrogens is 512 g/mol. The second-order valence-electron chi connectivity index (χ2n) is 9.20. The van der Waals surface area contributed by atoms with E-state index in [9.17, 15) is 22.8 Å². The molecule has 3 rings (SSSR count). The Kier molecular flexibility index (Phi) is 10.6. The summed E-state index contributed by atoms with van der Waals surface area (Å²) in [5.74, 6) is 0.151. The van der Waals surface area contributed by atoms with E-state index < -0.39 is 34.3 Å². The molecule has 0 aromatic heterocycles. The van der Waals surface area contributed by atoms with Gasteiger partial charge < -0.3 is 25.0 Å². The van der Waals surface area contributed by atoms with Crippen LogP contribution in [0.15, 0.2) is 59.5 Å². The molecule has 1 heterocycles. The molecule has 206 valence electrons. The van der Waals surface area contributed by atoms with Gasteiger partial charge in [-0.05, 0) is 48.7 Å². The Morgan fingerprint density at radius 1 is 0.947 bits per heavy atom. The van der Waals surface area contributed by atoms with Crippen molar-refractivity contribution in [2.24, 2.45) is 5.92 Å². The number of morpholine rings is 1. The van der Waals surface area contributed by atoms with Gasteiger partial charge >= 0.3 is 6.03 Å². The Morgan fingerprint density at radius 3 is 2.21 bits per heavy atom. The summed E-state index contributed by atoms with van der Waals surface area (Å²) in [6, 6.07) is 13.6. The number of hydrogen-bond acceptors (Lipinski definition) is 7. The Balaban J connectivity index is 1.48. The van der Waals surface area contributed by atoms with E-state index in [4.69, 9.17) is 9.47 Å². The molecular formula is C26H34N4O7S. The number of nitrogens with zero attached hydrogens (tertiary/aromatic N) is 1. The van der Waals surface area contributed by atoms with Crippen LogP contribution in [0.2, 0.25) is 0 Å². The molecule has 2 aromatic rings. The van der Waals surface area contributed by atoms with Crippen molar-refractivity contribution in [1.82, 2.24) is 20.3 Å². The monoisotopic (exact) mass is 546 g/mol. The van der Waals surface area contributed by atoms with Crippen LogP contribution in [0.4, 0.5) is 4.79 Å². The highest BCUT2D eigenvalue weighted by Crippen LogP contribution is 2.22. The third-order valence-corrected chi connectivity index (χ3v) is 7.07. The van der Waals surface area contributed by atoms with Crippen molar-refractivity contribution in [2.75, 3.05) is 39.4 Å². The van der Waals surface area contributed by atoms with Gasteiger partial charge in [-0.3, -0.25) is 9.59 Å². The Labute approximate surface area is 222 Å². The fourth-order valence-corrected chi connectivity index (χ4v) is 4.66. The zero-order valence-electron chi connectivity index (χ0n) is 21.5. The largest absolute Gasteiger partial charge is 0.457 e. The number of rotatable bonds is 12. The highest BCUT2D eigenvalue weighted by atomic mass is 32.2. The van der Waals surface area contributed by atoms with Crippen LogP contribution >= 0.6 is 0 Å². The molecule has 38 heavy (non-hydrogen) atoms. The van der Waals surface area contributed by atoms with Crippen LogP contribution in [0, 0.1) is 5.92 Å². The maximum absolute atomic E-state index is 12.7. The fraction of sp³-hybridized carbons (Fsp3) is 0.423. The third kappa shape index (κ3) is 9.12. The molecule has 1 atom stereocenters. The molecule has 1 unspecified atom stereocenters. The third-order valence-electron chi connectivity index (χ3n) is 5.65. The second-order valence-corrected chi connectivity index (χ2v) is 11.0. The number of sulfonamides is 1. The van der Waals surface area contributed by atoms with E-state index in [1.54, 1.807) is 17.0 Å². The lowest BCUT2D eigenvalue weighted by Crippen LogP contribution is -2.54. The number of ether oxygens (including phenoxy) is 2. The van der Waals surface area contributed by atoms with Gasteiger partial charge in [-0.1, -0.05) is 32.0 Å². The lowest BCUT2D eigenvalue weighted by Gasteiger charge is -2.29. The van der Waals surface area contributed by atoms with Crippen molar-refractivity contribution < 1.29 is 32.3 Å². The number of amides is 3. The molecule has 1 fully saturated rings. The topological polar surface area (TPSA) is 143 Å². The van der Waals surface area contributed by atoms with E-state index in [1.165, 1.54) is 24.3 Å². The highest BCUT2D eigenvalue weighted by Gasteiger charge is 2.26. The van der Waals surface area contributed by atoms with E-state index in [1.807, 2.05) is 32.0 Å². The van der Waals surface area contributed by atoms with Crippen molar-refractivity contribution in [3.63, 3.8) is 0 Å². The van der Waals surface area contributed by atoms with Gasteiger partial charge in [-0.25, -0.2) is 17.9 Å². The summed E-state index contributed by atoms with van der Waals surface area (Å²) in [6.07, 6.45) is 0.382. The number of carbonyl (C=O) groups excluding carboxylic acids is 3. The summed E-state index contributed by atoms with van der Waals surface area (Å²) in [7, 11) is -3.96. The van der Waals surface area contributed by atoms with Crippen molar-refractivity contribution in [3.8, 4) is 11.5 Å². The van der Waals surface area contributed by atoms with E-state index >= 15 is 0 Å². The molecule has 0 aliphatic carbocycles. The molecule has 3 N–H and O–H groups in total. The van der Waals surface area contributed by atoms with E-state index in [0.717, 1.165) is 0 Å². The molecule has 0 saturated carbocycles. The molecule has 11 nitrogen and oxygen atoms in total. The second kappa shape index (κ2) is 13.9. The first-order valence-corrected chi connectivity index (χ1v) is 13.9. The first-order chi connectivity index (χ1) is 18.1. The normalized spacial score (nSPS) is 14.6. The summed E-state index contributed by atoms with van der Waals surface area (Å²) in [5, 5.41) is 5.23. The minimum absolute atomic E-state index is 0.0300. The Bertz CT molecular complexity index is 1180. The minimum atomic E-state index is -3.96. The van der Waals surface area contributed by atoms with Gasteiger partial charge in [0.05, 0.1) is 31.2 Å². The fourth-order valence-electron chi connectivity index (χ4n) is 3.65. The number of carbonyl (C=O) groups is 3. The highest BCUT2D eigenvalue weighted by molar-refractivity contribution is 7.89. The van der Waals surface area contributed by atoms with Crippen LogP contribution in [0.25, 0.3) is 0 Å². The molecule has 3 amide bonds. The number of benzene rings is 2. The molecule has 12 heteroatoms. The summed E-state index contributed by atoms with van der Waals surface area (Å²) in [5.41, 5.74) is 0. The number of nitrogens with one attached hydrogen (secondary N) is 3. The van der Waals surface area contributed by atoms with Crippen molar-refractivity contribution in [2.45, 2.75) is 31.2 Å². The van der Waals surface area contributed by atoms with Crippen LogP contribution in [-0.2, 0) is 24.3 Å². The summed E-state index contributed by atoms with van der Waals surface area (Å²) in [4.78, 5) is 39.1. The van der Waals surface area contributed by atoms with Crippen molar-refractivity contribution in [1.29, 1.82) is 0 Å². The van der Waals surface area contributed by atoms with Gasteiger partial charge in [-0.15, -0.1) is 0 Å². The lowest BCUT2D eigenvalue weighted by molar-refractivity contribution is -0.126. The molecule has 0 spiro atoms. The molecule has 1 aliphatic heterocycles. The zero-order chi connectivity index (χ0) is 27.5. The van der Waals surface area contributed by atoms with Gasteiger partial charge in [0.1, 0.15) is 17.5 Å². The number of para-hydroxylation sites is 1. The number of hydrogen-bond donors (Lipinski definition) is 3. The van der Waals surface area contributed by atoms with E-state index in [0.29, 0.717) is 44.2 Å². The van der Waals surface area contributed by atoms with E-state index in [2.05, 4.69) is 15.4 Å². The van der Waals surface area contributed by atoms with Crippen LogP contribution in [0.3, 0.4) is 0 Å². The summed E-state index contributed by atoms with van der Waals surface area (Å²) in [6.45, 7) is 4.69. The maximum Gasteiger partial charge on any atom is 0.318 e. The lowest BCUT2D eigenvalue weighted by atomic mass is 10.0. The number of Topliss-reactive ketones (excluding diaryl/α,β-unsaturated/α-hetero) is 1. The van der Waals surface area contributed by atoms with Crippen molar-refractivity contribution >= 4 is 27.7 Å². The quantitative estimate of drug-likeness (QED) is 0.369. The molecule has 0 radical (unpaired) electrons. The minimum Gasteiger partial charge on any atom is -0.457 e. The summed E-state index contributed by atoms with van der Waals surface area (Å²) >= 11 is 0. The van der Waals surface area contributed by atoms with Crippen LogP contribution in [0.5, 0.6) is 11.5 Å². The number of urea groups is 1. The summed E-state index contributed by atoms with van der Waals surface area (Å²) < 4.78 is 38.3. The first-order valence-electron chi connectivity index (χ1n) is 12.4. The Hall–Kier alpha value is -3.48. The van der Waals surface area contributed by atoms with Crippen molar-refractivity contribution in [3.05, 3.63) is 54.6 Å². The zero-order valence-corrected chi connectivity index (χ0v) is 22.3. The van der Waals surface area contributed by atoms with E-state index in [-0.39, 0.29) is 23.4 Å². The van der Waals surface area contributed by atoms with Crippen LogP contribution in [-0.4, -0.2) is 76.5 Å². The molecule has 2 aromatic carbocycles. The van der Waals surface area contributed by atoms with Crippen LogP contribution < -0.4 is 20.1 Å². The van der Waals surface area contributed by atoms with Crippen LogP contribution in [0.1, 0.15) is 20.3 Å². The van der Waals surface area contributed by atoms with Gasteiger partial charge in [0.2, 0.25) is 15.9 Å². The predicted octanol–water partition coefficient (Wildman–Crippen LogP) is 1.90. The smallest absolute Gasteiger partial charge is 0.318 e. The predicted molar refractivity (Wildman–Crippen MR) is 140 cm³/mol. The average Bonchev–Trinajstić information content (AvgIpc) is 2.91. The molecule has 1 saturated heterocycles. The van der Waals surface area contributed by atoms with Gasteiger partial charge in [0.15, 0.2) is 5.78 Å².